The molecule has 29 heavy (non-hydrogen) atoms. The first kappa shape index (κ1) is 20.7. The maximum atomic E-state index is 12.4. The lowest BCUT2D eigenvalue weighted by atomic mass is 9.86. The third-order valence-electron chi connectivity index (χ3n) is 5.22. The van der Waals surface area contributed by atoms with Gasteiger partial charge in [0.05, 0.1) is 20.4 Å². The van der Waals surface area contributed by atoms with Crippen molar-refractivity contribution in [2.45, 2.75) is 38.5 Å². The van der Waals surface area contributed by atoms with Crippen LogP contribution < -0.4 is 14.9 Å². The van der Waals surface area contributed by atoms with Crippen LogP contribution in [0, 0.1) is 5.92 Å². The van der Waals surface area contributed by atoms with Crippen molar-refractivity contribution in [1.29, 1.82) is 0 Å². The number of rotatable bonds is 6. The van der Waals surface area contributed by atoms with Gasteiger partial charge in [-0.3, -0.25) is 4.79 Å². The number of benzene rings is 2. The molecule has 154 valence electrons. The van der Waals surface area contributed by atoms with E-state index in [9.17, 15) is 9.90 Å². The number of hydrazone groups is 1. The number of hydrogen-bond acceptors (Lipinski definition) is 5. The SMILES string of the molecule is COc1cc(/C=N/NC(=O)[C@H]2C[C@H]2c2ccc(C(C)(C)C)cc2)cc(OC)c1O. The predicted octanol–water partition coefficient (Wildman–Crippen LogP) is 3.96. The number of carbonyl (C=O) groups excluding carboxylic acids is 1. The van der Waals surface area contributed by atoms with E-state index in [0.717, 1.165) is 6.42 Å². The summed E-state index contributed by atoms with van der Waals surface area (Å²) in [5, 5.41) is 14.0. The van der Waals surface area contributed by atoms with E-state index < -0.39 is 0 Å². The number of ether oxygens (including phenoxy) is 2. The highest BCUT2D eigenvalue weighted by Gasteiger charge is 2.44. The van der Waals surface area contributed by atoms with Crippen molar-refractivity contribution < 1.29 is 19.4 Å². The van der Waals surface area contributed by atoms with Gasteiger partial charge in [0.15, 0.2) is 11.5 Å². The molecule has 2 N–H and O–H groups in total. The summed E-state index contributed by atoms with van der Waals surface area (Å²) in [6.45, 7) is 6.56. The number of hydrogen-bond donors (Lipinski definition) is 2. The van der Waals surface area contributed by atoms with Crippen LogP contribution in [0.3, 0.4) is 0 Å². The molecule has 0 saturated heterocycles. The van der Waals surface area contributed by atoms with Gasteiger partial charge in [-0.1, -0.05) is 45.0 Å². The predicted molar refractivity (Wildman–Crippen MR) is 113 cm³/mol. The molecule has 0 aliphatic heterocycles. The Morgan fingerprint density at radius 1 is 1.14 bits per heavy atom. The summed E-state index contributed by atoms with van der Waals surface area (Å²) in [4.78, 5) is 12.4. The van der Waals surface area contributed by atoms with Crippen LogP contribution in [-0.2, 0) is 10.2 Å². The molecule has 0 radical (unpaired) electrons. The molecule has 1 amide bonds. The summed E-state index contributed by atoms with van der Waals surface area (Å²) in [7, 11) is 2.91. The van der Waals surface area contributed by atoms with Crippen molar-refractivity contribution in [2.75, 3.05) is 14.2 Å². The molecule has 2 atom stereocenters. The van der Waals surface area contributed by atoms with Crippen LogP contribution in [0.4, 0.5) is 0 Å². The van der Waals surface area contributed by atoms with E-state index in [4.69, 9.17) is 9.47 Å². The lowest BCUT2D eigenvalue weighted by Gasteiger charge is -2.19. The monoisotopic (exact) mass is 396 g/mol. The topological polar surface area (TPSA) is 80.2 Å². The van der Waals surface area contributed by atoms with Crippen LogP contribution in [0.1, 0.15) is 49.8 Å². The fraction of sp³-hybridized carbons (Fsp3) is 0.391. The molecule has 0 bridgehead atoms. The molecule has 2 aromatic rings. The molecule has 1 fully saturated rings. The minimum Gasteiger partial charge on any atom is -0.502 e. The first-order valence-corrected chi connectivity index (χ1v) is 9.63. The van der Waals surface area contributed by atoms with Crippen LogP contribution >= 0.6 is 0 Å². The number of methoxy groups -OCH3 is 2. The Morgan fingerprint density at radius 3 is 2.24 bits per heavy atom. The molecule has 0 aromatic heterocycles. The number of phenols is 1. The van der Waals surface area contributed by atoms with Gasteiger partial charge in [0.2, 0.25) is 11.7 Å². The Bertz CT molecular complexity index is 888. The van der Waals surface area contributed by atoms with Gasteiger partial charge in [0.1, 0.15) is 0 Å². The molecule has 0 heterocycles. The Kier molecular flexibility index (Phi) is 5.82. The molecule has 0 spiro atoms. The van der Waals surface area contributed by atoms with E-state index in [1.54, 1.807) is 12.1 Å². The highest BCUT2D eigenvalue weighted by atomic mass is 16.5. The summed E-state index contributed by atoms with van der Waals surface area (Å²) in [6.07, 6.45) is 2.33. The summed E-state index contributed by atoms with van der Waals surface area (Å²) >= 11 is 0. The number of nitrogens with one attached hydrogen (secondary N) is 1. The van der Waals surface area contributed by atoms with Gasteiger partial charge >= 0.3 is 0 Å². The van der Waals surface area contributed by atoms with E-state index >= 15 is 0 Å². The normalized spacial score (nSPS) is 18.5. The Morgan fingerprint density at radius 2 is 1.72 bits per heavy atom. The summed E-state index contributed by atoms with van der Waals surface area (Å²) in [5.74, 6) is 0.569. The lowest BCUT2D eigenvalue weighted by Crippen LogP contribution is -2.20. The molecule has 3 rings (SSSR count). The maximum absolute atomic E-state index is 12.4. The van der Waals surface area contributed by atoms with E-state index in [0.29, 0.717) is 5.56 Å². The summed E-state index contributed by atoms with van der Waals surface area (Å²) in [6, 6.07) is 11.8. The average Bonchev–Trinajstić information content (AvgIpc) is 3.49. The van der Waals surface area contributed by atoms with E-state index in [1.807, 2.05) is 0 Å². The zero-order valence-electron chi connectivity index (χ0n) is 17.5. The van der Waals surface area contributed by atoms with E-state index in [1.165, 1.54) is 31.6 Å². The van der Waals surface area contributed by atoms with Gasteiger partial charge in [-0.25, -0.2) is 5.43 Å². The van der Waals surface area contributed by atoms with Gasteiger partial charge in [-0.15, -0.1) is 0 Å². The standard InChI is InChI=1S/C23H28N2O4/c1-23(2,3)16-8-6-15(7-9-16)17-12-18(17)22(27)25-24-13-14-10-19(28-4)21(26)20(11-14)29-5/h6-11,13,17-18,26H,12H2,1-5H3,(H,25,27)/b24-13+/t17-,18-/m0/s1. The number of aromatic hydroxyl groups is 1. The van der Waals surface area contributed by atoms with E-state index in [-0.39, 0.29) is 40.4 Å². The van der Waals surface area contributed by atoms with Gasteiger partial charge in [-0.05, 0) is 41.0 Å². The zero-order valence-corrected chi connectivity index (χ0v) is 17.5. The molecule has 2 aromatic carbocycles. The van der Waals surface area contributed by atoms with Gasteiger partial charge < -0.3 is 14.6 Å². The van der Waals surface area contributed by atoms with Crippen molar-refractivity contribution in [3.8, 4) is 17.2 Å². The fourth-order valence-electron chi connectivity index (χ4n) is 3.33. The van der Waals surface area contributed by atoms with Crippen molar-refractivity contribution in [3.05, 3.63) is 53.1 Å². The molecule has 6 heteroatoms. The lowest BCUT2D eigenvalue weighted by molar-refractivity contribution is -0.122. The largest absolute Gasteiger partial charge is 0.502 e. The van der Waals surface area contributed by atoms with Crippen LogP contribution in [0.2, 0.25) is 0 Å². The van der Waals surface area contributed by atoms with Crippen molar-refractivity contribution in [1.82, 2.24) is 5.43 Å². The molecule has 1 saturated carbocycles. The smallest absolute Gasteiger partial charge is 0.243 e. The first-order valence-electron chi connectivity index (χ1n) is 9.63. The van der Waals surface area contributed by atoms with Crippen molar-refractivity contribution in [2.24, 2.45) is 11.0 Å². The van der Waals surface area contributed by atoms with Crippen LogP contribution in [0.5, 0.6) is 17.2 Å². The van der Waals surface area contributed by atoms with Gasteiger partial charge in [0.25, 0.3) is 0 Å². The molecule has 1 aliphatic rings. The molecule has 6 nitrogen and oxygen atoms in total. The second-order valence-electron chi connectivity index (χ2n) is 8.33. The maximum Gasteiger partial charge on any atom is 0.243 e. The number of amides is 1. The molecule has 1 aliphatic carbocycles. The van der Waals surface area contributed by atoms with Crippen molar-refractivity contribution in [3.63, 3.8) is 0 Å². The Labute approximate surface area is 171 Å². The first-order chi connectivity index (χ1) is 13.7. The van der Waals surface area contributed by atoms with Crippen LogP contribution in [0.15, 0.2) is 41.5 Å². The van der Waals surface area contributed by atoms with Crippen LogP contribution in [0.25, 0.3) is 0 Å². The van der Waals surface area contributed by atoms with Gasteiger partial charge in [-0.2, -0.15) is 5.10 Å². The zero-order chi connectivity index (χ0) is 21.2. The van der Waals surface area contributed by atoms with Crippen LogP contribution in [-0.4, -0.2) is 31.4 Å². The molecule has 0 unspecified atom stereocenters. The van der Waals surface area contributed by atoms with Gasteiger partial charge in [0, 0.05) is 11.5 Å². The quantitative estimate of drug-likeness (QED) is 0.572. The molecular weight excluding hydrogens is 368 g/mol. The Balaban J connectivity index is 1.60. The third-order valence-corrected chi connectivity index (χ3v) is 5.22. The van der Waals surface area contributed by atoms with Crippen molar-refractivity contribution >= 4 is 12.1 Å². The summed E-state index contributed by atoms with van der Waals surface area (Å²) < 4.78 is 10.2. The second kappa shape index (κ2) is 8.15. The minimum absolute atomic E-state index is 0.0588. The number of nitrogens with zero attached hydrogens (tertiary/aromatic N) is 1. The number of carbonyl (C=O) groups is 1. The highest BCUT2D eigenvalue weighted by molar-refractivity contribution is 5.86. The fourth-order valence-corrected chi connectivity index (χ4v) is 3.33. The minimum atomic E-state index is -0.0937. The third kappa shape index (κ3) is 4.70. The van der Waals surface area contributed by atoms with E-state index in [2.05, 4.69) is 55.6 Å². The second-order valence-corrected chi connectivity index (χ2v) is 8.33. The Hall–Kier alpha value is -3.02. The highest BCUT2D eigenvalue weighted by Crippen LogP contribution is 2.47. The summed E-state index contributed by atoms with van der Waals surface area (Å²) in [5.41, 5.74) is 5.84. The molecular formula is C23H28N2O4. The average molecular weight is 396 g/mol. The number of phenolic OH excluding ortho intramolecular Hbond substituents is 1.